The molecule has 0 bridgehead atoms. The topological polar surface area (TPSA) is 50.4 Å². The number of carbonyl (C=O) groups excluding carboxylic acids is 1. The average Bonchev–Trinajstić information content (AvgIpc) is 2.02. The summed E-state index contributed by atoms with van der Waals surface area (Å²) in [5.41, 5.74) is 1.35. The second-order valence-corrected chi connectivity index (χ2v) is 3.26. The normalized spacial score (nSPS) is 22.1. The number of carbonyl (C=O) groups is 1. The number of hydrogen-bond acceptors (Lipinski definition) is 3. The standard InChI is InChI=1S/C8H12N2O2S/c1-4-6(7(11)12-3)5(2)10-8(13)9-4/h4H,1-3H3,(H2,9,10,13)/t4-/m1/s1. The molecule has 13 heavy (non-hydrogen) atoms. The highest BCUT2D eigenvalue weighted by Gasteiger charge is 2.25. The summed E-state index contributed by atoms with van der Waals surface area (Å²) in [6.45, 7) is 3.67. The van der Waals surface area contributed by atoms with E-state index in [0.717, 1.165) is 5.70 Å². The van der Waals surface area contributed by atoms with E-state index >= 15 is 0 Å². The van der Waals surface area contributed by atoms with Gasteiger partial charge in [0.1, 0.15) is 0 Å². The molecule has 4 nitrogen and oxygen atoms in total. The third kappa shape index (κ3) is 1.98. The van der Waals surface area contributed by atoms with E-state index in [2.05, 4.69) is 15.4 Å². The van der Waals surface area contributed by atoms with Gasteiger partial charge in [-0.05, 0) is 26.1 Å². The van der Waals surface area contributed by atoms with Crippen LogP contribution >= 0.6 is 12.2 Å². The lowest BCUT2D eigenvalue weighted by Gasteiger charge is -2.26. The Morgan fingerprint density at radius 3 is 2.69 bits per heavy atom. The lowest BCUT2D eigenvalue weighted by atomic mass is 10.1. The van der Waals surface area contributed by atoms with E-state index < -0.39 is 0 Å². The zero-order chi connectivity index (χ0) is 10.0. The molecule has 0 aliphatic carbocycles. The monoisotopic (exact) mass is 200 g/mol. The number of ether oxygens (including phenoxy) is 1. The second-order valence-electron chi connectivity index (χ2n) is 2.85. The van der Waals surface area contributed by atoms with Crippen molar-refractivity contribution in [2.75, 3.05) is 7.11 Å². The summed E-state index contributed by atoms with van der Waals surface area (Å²) in [4.78, 5) is 11.3. The van der Waals surface area contributed by atoms with Crippen LogP contribution in [-0.4, -0.2) is 24.2 Å². The second kappa shape index (κ2) is 3.74. The summed E-state index contributed by atoms with van der Waals surface area (Å²) in [7, 11) is 1.36. The molecule has 5 heteroatoms. The lowest BCUT2D eigenvalue weighted by Crippen LogP contribution is -2.48. The first-order valence-corrected chi connectivity index (χ1v) is 4.33. The minimum absolute atomic E-state index is 0.0961. The van der Waals surface area contributed by atoms with Crippen LogP contribution < -0.4 is 10.6 Å². The van der Waals surface area contributed by atoms with E-state index in [4.69, 9.17) is 12.2 Å². The van der Waals surface area contributed by atoms with Gasteiger partial charge in [-0.2, -0.15) is 0 Å². The fraction of sp³-hybridized carbons (Fsp3) is 0.500. The Morgan fingerprint density at radius 2 is 2.23 bits per heavy atom. The molecule has 2 N–H and O–H groups in total. The van der Waals surface area contributed by atoms with Gasteiger partial charge in [-0.15, -0.1) is 0 Å². The van der Waals surface area contributed by atoms with Crippen molar-refractivity contribution in [2.24, 2.45) is 0 Å². The molecule has 0 radical (unpaired) electrons. The number of nitrogens with one attached hydrogen (secondary N) is 2. The van der Waals surface area contributed by atoms with Crippen LogP contribution in [0.25, 0.3) is 0 Å². The number of thiocarbonyl (C=S) groups is 1. The number of allylic oxidation sites excluding steroid dienone is 1. The van der Waals surface area contributed by atoms with Crippen LogP contribution in [0.5, 0.6) is 0 Å². The van der Waals surface area contributed by atoms with Gasteiger partial charge in [-0.25, -0.2) is 4.79 Å². The van der Waals surface area contributed by atoms with Crippen molar-refractivity contribution < 1.29 is 9.53 Å². The number of esters is 1. The molecule has 1 aliphatic rings. The zero-order valence-electron chi connectivity index (χ0n) is 7.80. The van der Waals surface area contributed by atoms with Crippen LogP contribution in [0.15, 0.2) is 11.3 Å². The van der Waals surface area contributed by atoms with Crippen molar-refractivity contribution in [3.8, 4) is 0 Å². The highest BCUT2D eigenvalue weighted by molar-refractivity contribution is 7.80. The Morgan fingerprint density at radius 1 is 1.62 bits per heavy atom. The largest absolute Gasteiger partial charge is 0.466 e. The molecular weight excluding hydrogens is 188 g/mol. The maximum absolute atomic E-state index is 11.3. The van der Waals surface area contributed by atoms with E-state index in [1.165, 1.54) is 7.11 Å². The number of rotatable bonds is 1. The van der Waals surface area contributed by atoms with Crippen LogP contribution in [0.3, 0.4) is 0 Å². The Balaban J connectivity index is 2.97. The summed E-state index contributed by atoms with van der Waals surface area (Å²) in [6, 6.07) is -0.0961. The van der Waals surface area contributed by atoms with Gasteiger partial charge in [0.25, 0.3) is 0 Å². The smallest absolute Gasteiger partial charge is 0.337 e. The molecule has 0 fully saturated rings. The van der Waals surface area contributed by atoms with Gasteiger partial charge >= 0.3 is 5.97 Å². The van der Waals surface area contributed by atoms with Gasteiger partial charge in [-0.3, -0.25) is 0 Å². The first kappa shape index (κ1) is 9.98. The van der Waals surface area contributed by atoms with Gasteiger partial charge in [0.2, 0.25) is 0 Å². The summed E-state index contributed by atoms with van der Waals surface area (Å²) < 4.78 is 4.65. The van der Waals surface area contributed by atoms with Crippen LogP contribution in [-0.2, 0) is 9.53 Å². The highest BCUT2D eigenvalue weighted by atomic mass is 32.1. The molecule has 0 saturated carbocycles. The molecule has 0 aromatic carbocycles. The van der Waals surface area contributed by atoms with Crippen molar-refractivity contribution in [1.82, 2.24) is 10.6 Å². The van der Waals surface area contributed by atoms with Crippen molar-refractivity contribution in [3.05, 3.63) is 11.3 Å². The third-order valence-corrected chi connectivity index (χ3v) is 2.11. The van der Waals surface area contributed by atoms with Crippen molar-refractivity contribution in [1.29, 1.82) is 0 Å². The molecule has 0 amide bonds. The van der Waals surface area contributed by atoms with Crippen molar-refractivity contribution >= 4 is 23.3 Å². The minimum atomic E-state index is -0.326. The molecule has 1 heterocycles. The predicted molar refractivity (Wildman–Crippen MR) is 53.0 cm³/mol. The Hall–Kier alpha value is -1.10. The lowest BCUT2D eigenvalue weighted by molar-refractivity contribution is -0.136. The molecular formula is C8H12N2O2S. The predicted octanol–water partition coefficient (Wildman–Crippen LogP) is 0.300. The number of hydrogen-bond donors (Lipinski definition) is 2. The fourth-order valence-corrected chi connectivity index (χ4v) is 1.64. The molecule has 0 unspecified atom stereocenters. The zero-order valence-corrected chi connectivity index (χ0v) is 8.62. The summed E-state index contributed by atoms with van der Waals surface area (Å²) >= 11 is 4.93. The first-order chi connectivity index (χ1) is 6.06. The fourth-order valence-electron chi connectivity index (χ4n) is 1.31. The molecule has 0 spiro atoms. The molecule has 0 aromatic heterocycles. The van der Waals surface area contributed by atoms with Crippen LogP contribution in [0.2, 0.25) is 0 Å². The van der Waals surface area contributed by atoms with E-state index in [-0.39, 0.29) is 12.0 Å². The average molecular weight is 200 g/mol. The van der Waals surface area contributed by atoms with Crippen LogP contribution in [0.1, 0.15) is 13.8 Å². The van der Waals surface area contributed by atoms with Crippen molar-refractivity contribution in [3.63, 3.8) is 0 Å². The Labute approximate surface area is 82.3 Å². The van der Waals surface area contributed by atoms with Crippen LogP contribution in [0, 0.1) is 0 Å². The Bertz CT molecular complexity index is 286. The highest BCUT2D eigenvalue weighted by Crippen LogP contribution is 2.12. The van der Waals surface area contributed by atoms with Crippen molar-refractivity contribution in [2.45, 2.75) is 19.9 Å². The van der Waals surface area contributed by atoms with E-state index in [1.807, 2.05) is 6.92 Å². The molecule has 1 aliphatic heterocycles. The van der Waals surface area contributed by atoms with Crippen LogP contribution in [0.4, 0.5) is 0 Å². The van der Waals surface area contributed by atoms with E-state index in [0.29, 0.717) is 10.7 Å². The summed E-state index contributed by atoms with van der Waals surface area (Å²) in [6.07, 6.45) is 0. The van der Waals surface area contributed by atoms with Gasteiger partial charge in [-0.1, -0.05) is 0 Å². The maximum Gasteiger partial charge on any atom is 0.337 e. The summed E-state index contributed by atoms with van der Waals surface area (Å²) in [5.74, 6) is -0.326. The van der Waals surface area contributed by atoms with E-state index in [9.17, 15) is 4.79 Å². The molecule has 1 atom stereocenters. The molecule has 0 aromatic rings. The third-order valence-electron chi connectivity index (χ3n) is 1.89. The van der Waals surface area contributed by atoms with Gasteiger partial charge in [0.05, 0.1) is 18.7 Å². The van der Waals surface area contributed by atoms with Gasteiger partial charge in [0.15, 0.2) is 5.11 Å². The molecule has 72 valence electrons. The molecule has 0 saturated heterocycles. The van der Waals surface area contributed by atoms with Gasteiger partial charge < -0.3 is 15.4 Å². The molecule has 1 rings (SSSR count). The minimum Gasteiger partial charge on any atom is -0.466 e. The van der Waals surface area contributed by atoms with Gasteiger partial charge in [0, 0.05) is 5.70 Å². The van der Waals surface area contributed by atoms with E-state index in [1.54, 1.807) is 6.92 Å². The SMILES string of the molecule is COC(=O)C1=C(C)NC(=S)N[C@@H]1C. The maximum atomic E-state index is 11.3. The first-order valence-electron chi connectivity index (χ1n) is 3.93. The quantitative estimate of drug-likeness (QED) is 0.471. The Kier molecular flexibility index (Phi) is 2.87. The number of methoxy groups -OCH3 is 1. The summed E-state index contributed by atoms with van der Waals surface area (Å²) in [5, 5.41) is 6.35.